The van der Waals surface area contributed by atoms with Crippen LogP contribution >= 0.6 is 0 Å². The Bertz CT molecular complexity index is 1090. The monoisotopic (exact) mass is 410 g/mol. The van der Waals surface area contributed by atoms with Gasteiger partial charge in [0.15, 0.2) is 0 Å². The Morgan fingerprint density at radius 1 is 0.833 bits per heavy atom. The van der Waals surface area contributed by atoms with Crippen molar-refractivity contribution in [2.75, 3.05) is 21.3 Å². The number of anilines is 4. The van der Waals surface area contributed by atoms with Gasteiger partial charge in [0.1, 0.15) is 11.6 Å². The summed E-state index contributed by atoms with van der Waals surface area (Å²) in [6.45, 7) is 3.02. The lowest BCUT2D eigenvalue weighted by Crippen LogP contribution is -2.20. The SMILES string of the molecule is CC(=O)Nc1ccc(NC(=O)Nc2ccc(F)c(NC(=O)c3ccoc3C)c2)cc1. The number of urea groups is 1. The van der Waals surface area contributed by atoms with Crippen molar-refractivity contribution in [3.63, 3.8) is 0 Å². The van der Waals surface area contributed by atoms with Gasteiger partial charge in [-0.2, -0.15) is 0 Å². The van der Waals surface area contributed by atoms with E-state index in [2.05, 4.69) is 21.3 Å². The Kier molecular flexibility index (Phi) is 6.11. The van der Waals surface area contributed by atoms with E-state index in [1.54, 1.807) is 31.2 Å². The van der Waals surface area contributed by atoms with Gasteiger partial charge in [-0.15, -0.1) is 0 Å². The maximum absolute atomic E-state index is 14.1. The molecule has 4 amide bonds. The van der Waals surface area contributed by atoms with Gasteiger partial charge in [-0.05, 0) is 55.5 Å². The fraction of sp³-hybridized carbons (Fsp3) is 0.0952. The molecule has 0 radical (unpaired) electrons. The number of rotatable bonds is 5. The Morgan fingerprint density at radius 3 is 2.03 bits per heavy atom. The van der Waals surface area contributed by atoms with Crippen LogP contribution in [0.1, 0.15) is 23.0 Å². The van der Waals surface area contributed by atoms with E-state index < -0.39 is 17.8 Å². The van der Waals surface area contributed by atoms with Crippen LogP contribution in [0, 0.1) is 12.7 Å². The van der Waals surface area contributed by atoms with Gasteiger partial charge in [0.25, 0.3) is 5.91 Å². The Hall–Kier alpha value is -4.14. The third kappa shape index (κ3) is 5.22. The maximum Gasteiger partial charge on any atom is 0.323 e. The molecule has 0 unspecified atom stereocenters. The fourth-order valence-electron chi connectivity index (χ4n) is 2.64. The molecular formula is C21H19FN4O4. The van der Waals surface area contributed by atoms with Crippen LogP contribution in [0.5, 0.6) is 0 Å². The molecule has 0 aliphatic carbocycles. The summed E-state index contributed by atoms with van der Waals surface area (Å²) in [5.41, 5.74) is 1.57. The highest BCUT2D eigenvalue weighted by Crippen LogP contribution is 2.22. The molecule has 0 aliphatic heterocycles. The van der Waals surface area contributed by atoms with E-state index in [4.69, 9.17) is 4.42 Å². The summed E-state index contributed by atoms with van der Waals surface area (Å²) in [6.07, 6.45) is 1.37. The normalized spacial score (nSPS) is 10.2. The molecule has 3 aromatic rings. The molecule has 30 heavy (non-hydrogen) atoms. The molecule has 1 aromatic heterocycles. The van der Waals surface area contributed by atoms with Crippen molar-refractivity contribution in [3.8, 4) is 0 Å². The predicted octanol–water partition coefficient (Wildman–Crippen LogP) is 4.58. The van der Waals surface area contributed by atoms with Crippen molar-refractivity contribution in [1.29, 1.82) is 0 Å². The minimum absolute atomic E-state index is 0.0851. The summed E-state index contributed by atoms with van der Waals surface area (Å²) < 4.78 is 19.2. The number of benzene rings is 2. The van der Waals surface area contributed by atoms with Crippen molar-refractivity contribution in [3.05, 3.63) is 71.9 Å². The second-order valence-corrected chi connectivity index (χ2v) is 6.38. The van der Waals surface area contributed by atoms with E-state index in [0.29, 0.717) is 17.1 Å². The summed E-state index contributed by atoms with van der Waals surface area (Å²) in [5, 5.41) is 10.3. The van der Waals surface area contributed by atoms with E-state index in [9.17, 15) is 18.8 Å². The van der Waals surface area contributed by atoms with Crippen molar-refractivity contribution in [2.24, 2.45) is 0 Å². The molecular weight excluding hydrogens is 391 g/mol. The highest BCUT2D eigenvalue weighted by molar-refractivity contribution is 6.05. The van der Waals surface area contributed by atoms with Gasteiger partial charge in [-0.1, -0.05) is 0 Å². The summed E-state index contributed by atoms with van der Waals surface area (Å²) >= 11 is 0. The molecule has 0 atom stereocenters. The minimum atomic E-state index is -0.649. The number of hydrogen-bond donors (Lipinski definition) is 4. The Balaban J connectivity index is 1.64. The summed E-state index contributed by atoms with van der Waals surface area (Å²) in [5.74, 6) is -0.966. The van der Waals surface area contributed by atoms with Crippen LogP contribution in [0.25, 0.3) is 0 Å². The molecule has 4 N–H and O–H groups in total. The number of carbonyl (C=O) groups excluding carboxylic acids is 3. The van der Waals surface area contributed by atoms with Gasteiger partial charge in [-0.25, -0.2) is 9.18 Å². The van der Waals surface area contributed by atoms with Crippen LogP contribution < -0.4 is 21.3 Å². The van der Waals surface area contributed by atoms with Crippen molar-refractivity contribution < 1.29 is 23.2 Å². The molecule has 9 heteroatoms. The first-order valence-corrected chi connectivity index (χ1v) is 8.92. The standard InChI is InChI=1S/C21H19FN4O4/c1-12-17(9-10-30-12)20(28)26-19-11-16(7-8-18(19)22)25-21(29)24-15-5-3-14(4-6-15)23-13(2)27/h3-11H,1-2H3,(H,23,27)(H,26,28)(H2,24,25,29). The number of nitrogens with one attached hydrogen (secondary N) is 4. The lowest BCUT2D eigenvalue weighted by Gasteiger charge is -2.11. The fourth-order valence-corrected chi connectivity index (χ4v) is 2.64. The zero-order valence-electron chi connectivity index (χ0n) is 16.2. The first-order valence-electron chi connectivity index (χ1n) is 8.92. The van der Waals surface area contributed by atoms with E-state index in [0.717, 1.165) is 6.07 Å². The van der Waals surface area contributed by atoms with E-state index in [-0.39, 0.29) is 22.8 Å². The first kappa shape index (κ1) is 20.6. The van der Waals surface area contributed by atoms with Gasteiger partial charge >= 0.3 is 6.03 Å². The smallest absolute Gasteiger partial charge is 0.323 e. The molecule has 0 bridgehead atoms. The largest absolute Gasteiger partial charge is 0.469 e. The zero-order chi connectivity index (χ0) is 21.7. The quantitative estimate of drug-likeness (QED) is 0.493. The topological polar surface area (TPSA) is 112 Å². The highest BCUT2D eigenvalue weighted by Gasteiger charge is 2.14. The van der Waals surface area contributed by atoms with Gasteiger partial charge in [0.05, 0.1) is 17.5 Å². The minimum Gasteiger partial charge on any atom is -0.469 e. The van der Waals surface area contributed by atoms with Gasteiger partial charge in [-0.3, -0.25) is 9.59 Å². The maximum atomic E-state index is 14.1. The van der Waals surface area contributed by atoms with Crippen molar-refractivity contribution >= 4 is 40.6 Å². The van der Waals surface area contributed by atoms with Crippen LogP contribution in [0.4, 0.5) is 31.9 Å². The average Bonchev–Trinajstić information content (AvgIpc) is 3.11. The molecule has 0 saturated heterocycles. The second kappa shape index (κ2) is 8.91. The zero-order valence-corrected chi connectivity index (χ0v) is 16.2. The molecule has 0 aliphatic rings. The summed E-state index contributed by atoms with van der Waals surface area (Å²) in [4.78, 5) is 35.5. The van der Waals surface area contributed by atoms with E-state index >= 15 is 0 Å². The molecule has 2 aromatic carbocycles. The lowest BCUT2D eigenvalue weighted by atomic mass is 10.2. The predicted molar refractivity (Wildman–Crippen MR) is 111 cm³/mol. The molecule has 154 valence electrons. The number of amides is 4. The van der Waals surface area contributed by atoms with Crippen LogP contribution in [-0.2, 0) is 4.79 Å². The van der Waals surface area contributed by atoms with Gasteiger partial charge in [0.2, 0.25) is 5.91 Å². The third-order valence-corrected chi connectivity index (χ3v) is 4.04. The summed E-state index contributed by atoms with van der Waals surface area (Å²) in [6, 6.07) is 11.3. The van der Waals surface area contributed by atoms with Crippen LogP contribution in [0.2, 0.25) is 0 Å². The van der Waals surface area contributed by atoms with Crippen molar-refractivity contribution in [2.45, 2.75) is 13.8 Å². The Morgan fingerprint density at radius 2 is 1.43 bits per heavy atom. The number of furan rings is 1. The molecule has 0 saturated carbocycles. The molecule has 8 nitrogen and oxygen atoms in total. The van der Waals surface area contributed by atoms with E-state index in [1.165, 1.54) is 31.4 Å². The van der Waals surface area contributed by atoms with Crippen LogP contribution in [0.15, 0.2) is 59.2 Å². The molecule has 1 heterocycles. The lowest BCUT2D eigenvalue weighted by molar-refractivity contribution is -0.114. The number of carbonyl (C=O) groups is 3. The average molecular weight is 410 g/mol. The Labute approximate surface area is 171 Å². The molecule has 0 fully saturated rings. The van der Waals surface area contributed by atoms with Gasteiger partial charge in [0, 0.05) is 24.0 Å². The van der Waals surface area contributed by atoms with Crippen LogP contribution in [0.3, 0.4) is 0 Å². The van der Waals surface area contributed by atoms with Crippen LogP contribution in [-0.4, -0.2) is 17.8 Å². The number of aryl methyl sites for hydroxylation is 1. The first-order chi connectivity index (χ1) is 14.3. The van der Waals surface area contributed by atoms with Gasteiger partial charge < -0.3 is 25.7 Å². The number of hydrogen-bond acceptors (Lipinski definition) is 4. The molecule has 3 rings (SSSR count). The summed E-state index contributed by atoms with van der Waals surface area (Å²) in [7, 11) is 0. The highest BCUT2D eigenvalue weighted by atomic mass is 19.1. The third-order valence-electron chi connectivity index (χ3n) is 4.04. The molecule has 0 spiro atoms. The number of halogens is 1. The van der Waals surface area contributed by atoms with Crippen molar-refractivity contribution in [1.82, 2.24) is 0 Å². The second-order valence-electron chi connectivity index (χ2n) is 6.38. The van der Waals surface area contributed by atoms with E-state index in [1.807, 2.05) is 0 Å².